The third kappa shape index (κ3) is 4.65. The van der Waals surface area contributed by atoms with Gasteiger partial charge in [0.15, 0.2) is 11.5 Å². The Hall–Kier alpha value is -3.49. The molecule has 3 rings (SSSR count). The van der Waals surface area contributed by atoms with Crippen LogP contribution in [0.4, 0.5) is 14.5 Å². The summed E-state index contributed by atoms with van der Waals surface area (Å²) in [6.45, 7) is 0.646. The molecule has 0 radical (unpaired) electrons. The van der Waals surface area contributed by atoms with Crippen LogP contribution in [0.2, 0.25) is 0 Å². The van der Waals surface area contributed by atoms with Crippen LogP contribution in [-0.4, -0.2) is 42.4 Å². The monoisotopic (exact) mass is 432 g/mol. The second-order valence-electron chi connectivity index (χ2n) is 7.40. The number of imide groups is 1. The van der Waals surface area contributed by atoms with Gasteiger partial charge in [-0.1, -0.05) is 26.0 Å². The second kappa shape index (κ2) is 9.11. The fraction of sp³-hybridized carbons (Fsp3) is 0.318. The average molecular weight is 432 g/mol. The zero-order valence-electron chi connectivity index (χ0n) is 17.2. The quantitative estimate of drug-likeness (QED) is 0.639. The molecule has 0 spiro atoms. The van der Waals surface area contributed by atoms with Gasteiger partial charge in [-0.15, -0.1) is 0 Å². The first-order valence-electron chi connectivity index (χ1n) is 9.63. The maximum absolute atomic E-state index is 13.1. The van der Waals surface area contributed by atoms with Crippen molar-refractivity contribution in [1.29, 1.82) is 0 Å². The highest BCUT2D eigenvalue weighted by atomic mass is 19.3. The molecule has 164 valence electrons. The number of halogens is 2. The fourth-order valence-corrected chi connectivity index (χ4v) is 3.44. The van der Waals surface area contributed by atoms with Crippen LogP contribution < -0.4 is 14.8 Å². The van der Waals surface area contributed by atoms with Gasteiger partial charge < -0.3 is 14.8 Å². The normalized spacial score (nSPS) is 14.1. The standard InChI is InChI=1S/C22H22F2N2O5/c1-12(2)10-16(26-20(28)14-6-4-5-7-15(14)21(26)29)19(27)25-13-8-9-17(30-3)18(11-13)31-22(23)24/h4-9,11-12,16,22H,10H2,1-3H3,(H,25,27). The van der Waals surface area contributed by atoms with Gasteiger partial charge in [-0.2, -0.15) is 8.78 Å². The van der Waals surface area contributed by atoms with Gasteiger partial charge in [0.1, 0.15) is 6.04 Å². The molecular formula is C22H22F2N2O5. The van der Waals surface area contributed by atoms with Crippen LogP contribution in [0.1, 0.15) is 41.0 Å². The van der Waals surface area contributed by atoms with E-state index in [4.69, 9.17) is 4.74 Å². The van der Waals surface area contributed by atoms with E-state index in [2.05, 4.69) is 10.1 Å². The van der Waals surface area contributed by atoms with Gasteiger partial charge in [-0.05, 0) is 36.6 Å². The molecule has 0 aromatic heterocycles. The van der Waals surface area contributed by atoms with Gasteiger partial charge in [0.2, 0.25) is 5.91 Å². The molecule has 1 atom stereocenters. The number of nitrogens with zero attached hydrogens (tertiary/aromatic N) is 1. The Morgan fingerprint density at radius 1 is 1.03 bits per heavy atom. The van der Waals surface area contributed by atoms with Crippen molar-refractivity contribution in [3.05, 3.63) is 53.6 Å². The number of nitrogens with one attached hydrogen (secondary N) is 1. The van der Waals surface area contributed by atoms with Gasteiger partial charge in [-0.25, -0.2) is 0 Å². The van der Waals surface area contributed by atoms with Crippen molar-refractivity contribution in [1.82, 2.24) is 4.90 Å². The summed E-state index contributed by atoms with van der Waals surface area (Å²) in [5.41, 5.74) is 0.643. The number of hydrogen-bond donors (Lipinski definition) is 1. The number of alkyl halides is 2. The molecule has 9 heteroatoms. The molecule has 1 heterocycles. The predicted octanol–water partition coefficient (Wildman–Crippen LogP) is 3.95. The van der Waals surface area contributed by atoms with Gasteiger partial charge in [0, 0.05) is 11.8 Å². The van der Waals surface area contributed by atoms with Crippen LogP contribution in [0.5, 0.6) is 11.5 Å². The minimum Gasteiger partial charge on any atom is -0.493 e. The lowest BCUT2D eigenvalue weighted by molar-refractivity contribution is -0.120. The molecule has 1 N–H and O–H groups in total. The number of methoxy groups -OCH3 is 1. The molecule has 0 saturated carbocycles. The third-order valence-electron chi connectivity index (χ3n) is 4.78. The summed E-state index contributed by atoms with van der Waals surface area (Å²) in [5.74, 6) is -1.89. The van der Waals surface area contributed by atoms with Gasteiger partial charge in [-0.3, -0.25) is 19.3 Å². The number of amides is 3. The van der Waals surface area contributed by atoms with E-state index in [0.717, 1.165) is 4.90 Å². The predicted molar refractivity (Wildman–Crippen MR) is 108 cm³/mol. The van der Waals surface area contributed by atoms with Crippen LogP contribution in [0.3, 0.4) is 0 Å². The number of hydrogen-bond acceptors (Lipinski definition) is 5. The Kier molecular flexibility index (Phi) is 6.53. The van der Waals surface area contributed by atoms with Crippen molar-refractivity contribution < 1.29 is 32.6 Å². The summed E-state index contributed by atoms with van der Waals surface area (Å²) >= 11 is 0. The molecule has 1 unspecified atom stereocenters. The van der Waals surface area contributed by atoms with Crippen molar-refractivity contribution in [2.24, 2.45) is 5.92 Å². The Morgan fingerprint density at radius 2 is 1.65 bits per heavy atom. The molecule has 0 bridgehead atoms. The van der Waals surface area contributed by atoms with E-state index in [9.17, 15) is 23.2 Å². The number of fused-ring (bicyclic) bond motifs is 1. The van der Waals surface area contributed by atoms with Crippen molar-refractivity contribution >= 4 is 23.4 Å². The SMILES string of the molecule is COc1ccc(NC(=O)C(CC(C)C)N2C(=O)c3ccccc3C2=O)cc1OC(F)F. The molecule has 7 nitrogen and oxygen atoms in total. The highest BCUT2D eigenvalue weighted by molar-refractivity contribution is 6.23. The Bertz CT molecular complexity index is 974. The van der Waals surface area contributed by atoms with E-state index in [-0.39, 0.29) is 40.7 Å². The summed E-state index contributed by atoms with van der Waals surface area (Å²) in [6.07, 6.45) is 0.230. The van der Waals surface area contributed by atoms with Crippen LogP contribution in [0.15, 0.2) is 42.5 Å². The summed E-state index contributed by atoms with van der Waals surface area (Å²) in [4.78, 5) is 39.7. The zero-order valence-corrected chi connectivity index (χ0v) is 17.2. The van der Waals surface area contributed by atoms with Crippen molar-refractivity contribution in [2.45, 2.75) is 32.9 Å². The van der Waals surface area contributed by atoms with E-state index in [1.54, 1.807) is 12.1 Å². The van der Waals surface area contributed by atoms with Crippen LogP contribution in [-0.2, 0) is 4.79 Å². The van der Waals surface area contributed by atoms with Gasteiger partial charge >= 0.3 is 6.61 Å². The number of rotatable bonds is 8. The maximum Gasteiger partial charge on any atom is 0.387 e. The summed E-state index contributed by atoms with van der Waals surface area (Å²) < 4.78 is 34.8. The van der Waals surface area contributed by atoms with E-state index < -0.39 is 30.4 Å². The second-order valence-corrected chi connectivity index (χ2v) is 7.40. The first-order chi connectivity index (χ1) is 14.7. The third-order valence-corrected chi connectivity index (χ3v) is 4.78. The Morgan fingerprint density at radius 3 is 2.16 bits per heavy atom. The molecule has 0 fully saturated rings. The number of benzene rings is 2. The molecular weight excluding hydrogens is 410 g/mol. The highest BCUT2D eigenvalue weighted by Crippen LogP contribution is 2.32. The molecule has 0 saturated heterocycles. The van der Waals surface area contributed by atoms with Gasteiger partial charge in [0.05, 0.1) is 18.2 Å². The first kappa shape index (κ1) is 22.2. The highest BCUT2D eigenvalue weighted by Gasteiger charge is 2.42. The van der Waals surface area contributed by atoms with Gasteiger partial charge in [0.25, 0.3) is 11.8 Å². The topological polar surface area (TPSA) is 84.9 Å². The van der Waals surface area contributed by atoms with E-state index in [0.29, 0.717) is 0 Å². The lowest BCUT2D eigenvalue weighted by Gasteiger charge is -2.27. The minimum atomic E-state index is -3.08. The molecule has 3 amide bonds. The van der Waals surface area contributed by atoms with Crippen molar-refractivity contribution in [3.8, 4) is 11.5 Å². The van der Waals surface area contributed by atoms with Crippen LogP contribution in [0, 0.1) is 5.92 Å². The molecule has 2 aromatic carbocycles. The lowest BCUT2D eigenvalue weighted by Crippen LogP contribution is -2.47. The molecule has 1 aliphatic heterocycles. The number of anilines is 1. The van der Waals surface area contributed by atoms with E-state index >= 15 is 0 Å². The molecule has 0 aliphatic carbocycles. The van der Waals surface area contributed by atoms with E-state index in [1.165, 1.54) is 37.4 Å². The molecule has 31 heavy (non-hydrogen) atoms. The minimum absolute atomic E-state index is 0.00587. The average Bonchev–Trinajstić information content (AvgIpc) is 2.96. The van der Waals surface area contributed by atoms with Crippen LogP contribution in [0.25, 0.3) is 0 Å². The Balaban J connectivity index is 1.88. The summed E-state index contributed by atoms with van der Waals surface area (Å²) in [5, 5.41) is 2.59. The summed E-state index contributed by atoms with van der Waals surface area (Å²) in [6, 6.07) is 9.30. The smallest absolute Gasteiger partial charge is 0.387 e. The molecule has 1 aliphatic rings. The zero-order chi connectivity index (χ0) is 22.7. The number of carbonyl (C=O) groups excluding carboxylic acids is 3. The molecule has 2 aromatic rings. The first-order valence-corrected chi connectivity index (χ1v) is 9.63. The van der Waals surface area contributed by atoms with E-state index in [1.807, 2.05) is 13.8 Å². The lowest BCUT2D eigenvalue weighted by atomic mass is 10.0. The number of ether oxygens (including phenoxy) is 2. The maximum atomic E-state index is 13.1. The van der Waals surface area contributed by atoms with Crippen molar-refractivity contribution in [2.75, 3.05) is 12.4 Å². The fourth-order valence-electron chi connectivity index (χ4n) is 3.44. The van der Waals surface area contributed by atoms with Crippen LogP contribution >= 0.6 is 0 Å². The largest absolute Gasteiger partial charge is 0.493 e. The number of carbonyl (C=O) groups is 3. The Labute approximate surface area is 177 Å². The van der Waals surface area contributed by atoms with Crippen molar-refractivity contribution in [3.63, 3.8) is 0 Å². The summed E-state index contributed by atoms with van der Waals surface area (Å²) in [7, 11) is 1.30.